The van der Waals surface area contributed by atoms with Crippen LogP contribution in [0.4, 0.5) is 5.69 Å². The molecule has 1 aromatic heterocycles. The molecule has 0 bridgehead atoms. The third-order valence-electron chi connectivity index (χ3n) is 3.05. The van der Waals surface area contributed by atoms with Crippen molar-refractivity contribution in [2.45, 2.75) is 13.3 Å². The number of aromatic amines is 1. The van der Waals surface area contributed by atoms with E-state index in [2.05, 4.69) is 4.98 Å². The second kappa shape index (κ2) is 5.73. The fourth-order valence-electron chi connectivity index (χ4n) is 2.24. The van der Waals surface area contributed by atoms with Gasteiger partial charge in [0.25, 0.3) is 0 Å². The fourth-order valence-corrected chi connectivity index (χ4v) is 2.24. The summed E-state index contributed by atoms with van der Waals surface area (Å²) in [6, 6.07) is 1.68. The standard InChI is InChI=1S/C14H18N2O4/c1-4-20-11(17)5-8-7-16-13-12(8)9(15)6-10(18-2)14(13)19-3/h6-7,16H,4-5,15H2,1-3H3. The Kier molecular flexibility index (Phi) is 4.02. The maximum Gasteiger partial charge on any atom is 0.310 e. The lowest BCUT2D eigenvalue weighted by atomic mass is 10.1. The van der Waals surface area contributed by atoms with E-state index in [1.807, 2.05) is 0 Å². The van der Waals surface area contributed by atoms with Crippen molar-refractivity contribution in [3.05, 3.63) is 17.8 Å². The van der Waals surface area contributed by atoms with E-state index in [1.54, 1.807) is 33.4 Å². The molecule has 0 saturated heterocycles. The van der Waals surface area contributed by atoms with Crippen molar-refractivity contribution in [3.63, 3.8) is 0 Å². The number of methoxy groups -OCH3 is 2. The average Bonchev–Trinajstić information content (AvgIpc) is 2.83. The molecular formula is C14H18N2O4. The number of H-pyrrole nitrogens is 1. The number of aromatic nitrogens is 1. The Morgan fingerprint density at radius 3 is 2.70 bits per heavy atom. The molecule has 2 aromatic rings. The highest BCUT2D eigenvalue weighted by molar-refractivity contribution is 6.01. The number of ether oxygens (including phenoxy) is 3. The summed E-state index contributed by atoms with van der Waals surface area (Å²) in [5.41, 5.74) is 8.06. The van der Waals surface area contributed by atoms with Gasteiger partial charge >= 0.3 is 5.97 Å². The largest absolute Gasteiger partial charge is 0.493 e. The number of benzene rings is 1. The molecule has 0 atom stereocenters. The maximum absolute atomic E-state index is 11.6. The first kappa shape index (κ1) is 14.0. The Bertz CT molecular complexity index is 634. The van der Waals surface area contributed by atoms with Crippen LogP contribution in [0.2, 0.25) is 0 Å². The van der Waals surface area contributed by atoms with E-state index in [0.29, 0.717) is 29.3 Å². The molecule has 0 aliphatic carbocycles. The number of rotatable bonds is 5. The molecule has 2 rings (SSSR count). The summed E-state index contributed by atoms with van der Waals surface area (Å²) in [7, 11) is 3.10. The van der Waals surface area contributed by atoms with Crippen molar-refractivity contribution in [2.75, 3.05) is 26.6 Å². The molecule has 1 heterocycles. The van der Waals surface area contributed by atoms with Crippen molar-refractivity contribution < 1.29 is 19.0 Å². The van der Waals surface area contributed by atoms with Gasteiger partial charge in [0.15, 0.2) is 11.5 Å². The lowest BCUT2D eigenvalue weighted by Gasteiger charge is -2.11. The number of nitrogens with one attached hydrogen (secondary N) is 1. The highest BCUT2D eigenvalue weighted by Crippen LogP contribution is 2.40. The van der Waals surface area contributed by atoms with Crippen LogP contribution in [-0.4, -0.2) is 31.8 Å². The third kappa shape index (κ3) is 2.36. The zero-order valence-electron chi connectivity index (χ0n) is 11.8. The molecule has 108 valence electrons. The van der Waals surface area contributed by atoms with Gasteiger partial charge in [0.2, 0.25) is 0 Å². The van der Waals surface area contributed by atoms with Crippen LogP contribution in [0, 0.1) is 0 Å². The first-order chi connectivity index (χ1) is 9.62. The minimum absolute atomic E-state index is 0.160. The van der Waals surface area contributed by atoms with Crippen LogP contribution in [0.1, 0.15) is 12.5 Å². The van der Waals surface area contributed by atoms with Gasteiger partial charge < -0.3 is 24.9 Å². The Hall–Kier alpha value is -2.37. The van der Waals surface area contributed by atoms with Crippen molar-refractivity contribution in [2.24, 2.45) is 0 Å². The van der Waals surface area contributed by atoms with Gasteiger partial charge in [-0.25, -0.2) is 0 Å². The van der Waals surface area contributed by atoms with Gasteiger partial charge in [0, 0.05) is 23.3 Å². The summed E-state index contributed by atoms with van der Waals surface area (Å²) >= 11 is 0. The highest BCUT2D eigenvalue weighted by atomic mass is 16.5. The molecule has 0 spiro atoms. The number of nitrogen functional groups attached to an aromatic ring is 1. The molecule has 1 aromatic carbocycles. The predicted molar refractivity (Wildman–Crippen MR) is 76.2 cm³/mol. The summed E-state index contributed by atoms with van der Waals surface area (Å²) < 4.78 is 15.5. The van der Waals surface area contributed by atoms with Gasteiger partial charge in [0.05, 0.1) is 32.8 Å². The van der Waals surface area contributed by atoms with E-state index in [4.69, 9.17) is 19.9 Å². The second-order valence-electron chi connectivity index (χ2n) is 4.25. The molecule has 6 heteroatoms. The normalized spacial score (nSPS) is 10.6. The molecule has 0 unspecified atom stereocenters. The van der Waals surface area contributed by atoms with Crippen molar-refractivity contribution in [3.8, 4) is 11.5 Å². The number of anilines is 1. The van der Waals surface area contributed by atoms with E-state index in [9.17, 15) is 4.79 Å². The topological polar surface area (TPSA) is 86.6 Å². The molecule has 0 saturated carbocycles. The number of hydrogen-bond acceptors (Lipinski definition) is 5. The van der Waals surface area contributed by atoms with Crippen LogP contribution < -0.4 is 15.2 Å². The SMILES string of the molecule is CCOC(=O)Cc1c[nH]c2c(OC)c(OC)cc(N)c12. The maximum atomic E-state index is 11.6. The summed E-state index contributed by atoms with van der Waals surface area (Å²) in [6.45, 7) is 2.13. The van der Waals surface area contributed by atoms with Gasteiger partial charge in [-0.05, 0) is 12.5 Å². The molecule has 0 aliphatic heterocycles. The summed E-state index contributed by atoms with van der Waals surface area (Å²) in [4.78, 5) is 14.7. The number of carbonyl (C=O) groups is 1. The van der Waals surface area contributed by atoms with Gasteiger partial charge in [-0.15, -0.1) is 0 Å². The van der Waals surface area contributed by atoms with Crippen LogP contribution in [-0.2, 0) is 16.0 Å². The number of esters is 1. The number of fused-ring (bicyclic) bond motifs is 1. The first-order valence-corrected chi connectivity index (χ1v) is 6.28. The number of nitrogens with two attached hydrogens (primary N) is 1. The molecule has 3 N–H and O–H groups in total. The van der Waals surface area contributed by atoms with Crippen molar-refractivity contribution in [1.82, 2.24) is 4.98 Å². The minimum Gasteiger partial charge on any atom is -0.493 e. The lowest BCUT2D eigenvalue weighted by Crippen LogP contribution is -2.07. The zero-order valence-corrected chi connectivity index (χ0v) is 11.8. The van der Waals surface area contributed by atoms with E-state index in [0.717, 1.165) is 10.9 Å². The van der Waals surface area contributed by atoms with Crippen LogP contribution in [0.3, 0.4) is 0 Å². The second-order valence-corrected chi connectivity index (χ2v) is 4.25. The molecule has 0 fully saturated rings. The quantitative estimate of drug-likeness (QED) is 0.644. The first-order valence-electron chi connectivity index (χ1n) is 6.28. The van der Waals surface area contributed by atoms with E-state index >= 15 is 0 Å². The van der Waals surface area contributed by atoms with Crippen molar-refractivity contribution in [1.29, 1.82) is 0 Å². The van der Waals surface area contributed by atoms with E-state index < -0.39 is 0 Å². The van der Waals surface area contributed by atoms with Crippen LogP contribution in [0.15, 0.2) is 12.3 Å². The number of carbonyl (C=O) groups excluding carboxylic acids is 1. The molecule has 0 radical (unpaired) electrons. The van der Waals surface area contributed by atoms with E-state index in [1.165, 1.54) is 0 Å². The smallest absolute Gasteiger partial charge is 0.310 e. The van der Waals surface area contributed by atoms with Crippen LogP contribution in [0.25, 0.3) is 10.9 Å². The Balaban J connectivity index is 2.52. The Labute approximate surface area is 116 Å². The summed E-state index contributed by atoms with van der Waals surface area (Å²) in [5.74, 6) is 0.816. The Morgan fingerprint density at radius 1 is 1.35 bits per heavy atom. The molecule has 0 aliphatic rings. The van der Waals surface area contributed by atoms with Crippen LogP contribution >= 0.6 is 0 Å². The molecule has 0 amide bonds. The zero-order chi connectivity index (χ0) is 14.7. The van der Waals surface area contributed by atoms with E-state index in [-0.39, 0.29) is 12.4 Å². The van der Waals surface area contributed by atoms with Gasteiger partial charge in [-0.1, -0.05) is 0 Å². The predicted octanol–water partition coefficient (Wildman–Crippen LogP) is 1.87. The third-order valence-corrected chi connectivity index (χ3v) is 3.05. The minimum atomic E-state index is -0.289. The lowest BCUT2D eigenvalue weighted by molar-refractivity contribution is -0.142. The van der Waals surface area contributed by atoms with Crippen LogP contribution in [0.5, 0.6) is 11.5 Å². The Morgan fingerprint density at radius 2 is 2.10 bits per heavy atom. The van der Waals surface area contributed by atoms with Crippen molar-refractivity contribution >= 4 is 22.6 Å². The highest BCUT2D eigenvalue weighted by Gasteiger charge is 2.18. The molecule has 20 heavy (non-hydrogen) atoms. The summed E-state index contributed by atoms with van der Waals surface area (Å²) in [6.07, 6.45) is 1.90. The molecular weight excluding hydrogens is 260 g/mol. The van der Waals surface area contributed by atoms with Gasteiger partial charge in [-0.2, -0.15) is 0 Å². The van der Waals surface area contributed by atoms with Gasteiger partial charge in [-0.3, -0.25) is 4.79 Å². The van der Waals surface area contributed by atoms with Gasteiger partial charge in [0.1, 0.15) is 0 Å². The average molecular weight is 278 g/mol. The fraction of sp³-hybridized carbons (Fsp3) is 0.357. The monoisotopic (exact) mass is 278 g/mol. The summed E-state index contributed by atoms with van der Waals surface area (Å²) in [5, 5.41) is 0.760. The number of hydrogen-bond donors (Lipinski definition) is 2. The molecule has 6 nitrogen and oxygen atoms in total.